The standard InChI is InChI=1S/C11H20N2O4/c12-7-11(4-1-2-5-11)10(17)13-6-3-8(14)9(15)16/h8,14H,1-7,12H2,(H,13,17)(H,15,16)/t8-/m0/s1. The maximum Gasteiger partial charge on any atom is 0.332 e. The number of nitrogens with two attached hydrogens (primary N) is 1. The van der Waals surface area contributed by atoms with Crippen molar-refractivity contribution in [3.8, 4) is 0 Å². The molecule has 0 radical (unpaired) electrons. The molecule has 0 aromatic heterocycles. The van der Waals surface area contributed by atoms with Gasteiger partial charge in [-0.1, -0.05) is 12.8 Å². The SMILES string of the molecule is NCC1(C(=O)NCC[C@H](O)C(=O)O)CCCC1. The monoisotopic (exact) mass is 244 g/mol. The van der Waals surface area contributed by atoms with Crippen LogP contribution in [0.15, 0.2) is 0 Å². The fraction of sp³-hybridized carbons (Fsp3) is 0.818. The summed E-state index contributed by atoms with van der Waals surface area (Å²) >= 11 is 0. The van der Waals surface area contributed by atoms with Gasteiger partial charge in [-0.25, -0.2) is 4.79 Å². The van der Waals surface area contributed by atoms with Crippen LogP contribution in [0.1, 0.15) is 32.1 Å². The molecule has 0 bridgehead atoms. The molecule has 1 fully saturated rings. The van der Waals surface area contributed by atoms with Crippen molar-refractivity contribution in [3.05, 3.63) is 0 Å². The van der Waals surface area contributed by atoms with E-state index in [1.165, 1.54) is 0 Å². The van der Waals surface area contributed by atoms with E-state index < -0.39 is 17.5 Å². The maximum atomic E-state index is 11.9. The predicted octanol–water partition coefficient (Wildman–Crippen LogP) is -0.543. The molecule has 5 N–H and O–H groups in total. The van der Waals surface area contributed by atoms with E-state index in [-0.39, 0.29) is 18.9 Å². The van der Waals surface area contributed by atoms with Crippen molar-refractivity contribution in [2.45, 2.75) is 38.2 Å². The highest BCUT2D eigenvalue weighted by molar-refractivity contribution is 5.83. The average Bonchev–Trinajstić information content (AvgIpc) is 2.78. The number of carboxylic acid groups (broad SMARTS) is 1. The molecule has 1 rings (SSSR count). The van der Waals surface area contributed by atoms with Crippen molar-refractivity contribution in [1.29, 1.82) is 0 Å². The molecule has 6 nitrogen and oxygen atoms in total. The van der Waals surface area contributed by atoms with E-state index in [9.17, 15) is 9.59 Å². The number of hydrogen-bond acceptors (Lipinski definition) is 4. The highest BCUT2D eigenvalue weighted by atomic mass is 16.4. The molecule has 0 aromatic rings. The highest BCUT2D eigenvalue weighted by Gasteiger charge is 2.39. The summed E-state index contributed by atoms with van der Waals surface area (Å²) in [5.74, 6) is -1.39. The number of amides is 1. The number of aliphatic hydroxyl groups excluding tert-OH is 1. The Kier molecular flexibility index (Phi) is 4.89. The fourth-order valence-corrected chi connectivity index (χ4v) is 2.21. The number of hydrogen-bond donors (Lipinski definition) is 4. The van der Waals surface area contributed by atoms with Gasteiger partial charge < -0.3 is 21.3 Å². The lowest BCUT2D eigenvalue weighted by Crippen LogP contribution is -2.45. The van der Waals surface area contributed by atoms with Gasteiger partial charge >= 0.3 is 5.97 Å². The van der Waals surface area contributed by atoms with Crippen LogP contribution in [0.25, 0.3) is 0 Å². The van der Waals surface area contributed by atoms with Gasteiger partial charge in [0, 0.05) is 19.5 Å². The van der Waals surface area contributed by atoms with E-state index in [1.54, 1.807) is 0 Å². The Morgan fingerprint density at radius 2 is 1.94 bits per heavy atom. The van der Waals surface area contributed by atoms with Crippen molar-refractivity contribution < 1.29 is 19.8 Å². The van der Waals surface area contributed by atoms with Gasteiger partial charge in [0.2, 0.25) is 5.91 Å². The predicted molar refractivity (Wildman–Crippen MR) is 61.2 cm³/mol. The Morgan fingerprint density at radius 1 is 1.35 bits per heavy atom. The molecule has 0 saturated heterocycles. The van der Waals surface area contributed by atoms with Crippen LogP contribution >= 0.6 is 0 Å². The van der Waals surface area contributed by atoms with Crippen LogP contribution in [0.4, 0.5) is 0 Å². The first-order valence-corrected chi connectivity index (χ1v) is 5.91. The van der Waals surface area contributed by atoms with Gasteiger partial charge in [-0.05, 0) is 12.8 Å². The molecule has 1 saturated carbocycles. The lowest BCUT2D eigenvalue weighted by molar-refractivity contribution is -0.147. The zero-order chi connectivity index (χ0) is 12.9. The van der Waals surface area contributed by atoms with Crippen molar-refractivity contribution in [3.63, 3.8) is 0 Å². The van der Waals surface area contributed by atoms with E-state index in [4.69, 9.17) is 15.9 Å². The molecule has 6 heteroatoms. The Bertz CT molecular complexity index is 287. The minimum absolute atomic E-state index is 0.0156. The van der Waals surface area contributed by atoms with Crippen molar-refractivity contribution in [1.82, 2.24) is 5.32 Å². The third-order valence-electron chi connectivity index (χ3n) is 3.42. The Hall–Kier alpha value is -1.14. The smallest absolute Gasteiger partial charge is 0.332 e. The zero-order valence-electron chi connectivity index (χ0n) is 9.82. The molecule has 1 amide bonds. The summed E-state index contributed by atoms with van der Waals surface area (Å²) in [5, 5.41) is 20.2. The van der Waals surface area contributed by atoms with Crippen LogP contribution < -0.4 is 11.1 Å². The quantitative estimate of drug-likeness (QED) is 0.501. The normalized spacial score (nSPS) is 19.9. The van der Waals surface area contributed by atoms with Gasteiger partial charge in [0.1, 0.15) is 0 Å². The van der Waals surface area contributed by atoms with Gasteiger partial charge in [0.05, 0.1) is 5.41 Å². The highest BCUT2D eigenvalue weighted by Crippen LogP contribution is 2.37. The summed E-state index contributed by atoms with van der Waals surface area (Å²) in [6.07, 6.45) is 2.17. The number of carboxylic acids is 1. The molecule has 0 aromatic carbocycles. The Balaban J connectivity index is 2.36. The summed E-state index contributed by atoms with van der Waals surface area (Å²) in [4.78, 5) is 22.3. The van der Waals surface area contributed by atoms with Crippen LogP contribution in [0.3, 0.4) is 0 Å². The molecule has 1 atom stereocenters. The summed E-state index contributed by atoms with van der Waals surface area (Å²) in [6, 6.07) is 0. The lowest BCUT2D eigenvalue weighted by Gasteiger charge is -2.25. The molecule has 0 heterocycles. The second-order valence-electron chi connectivity index (χ2n) is 4.59. The summed E-state index contributed by atoms with van der Waals surface area (Å²) in [5.41, 5.74) is 5.17. The number of aliphatic hydroxyl groups is 1. The second-order valence-corrected chi connectivity index (χ2v) is 4.59. The largest absolute Gasteiger partial charge is 0.479 e. The van der Waals surface area contributed by atoms with E-state index in [1.807, 2.05) is 0 Å². The van der Waals surface area contributed by atoms with Gasteiger partial charge in [-0.2, -0.15) is 0 Å². The zero-order valence-corrected chi connectivity index (χ0v) is 9.82. The number of rotatable bonds is 6. The van der Waals surface area contributed by atoms with E-state index >= 15 is 0 Å². The molecule has 17 heavy (non-hydrogen) atoms. The average molecular weight is 244 g/mol. The van der Waals surface area contributed by atoms with Crippen LogP contribution in [0.2, 0.25) is 0 Å². The summed E-state index contributed by atoms with van der Waals surface area (Å²) < 4.78 is 0. The lowest BCUT2D eigenvalue weighted by atomic mass is 9.85. The maximum absolute atomic E-state index is 11.9. The third-order valence-corrected chi connectivity index (χ3v) is 3.42. The van der Waals surface area contributed by atoms with Gasteiger partial charge in [-0.3, -0.25) is 4.79 Å². The molecular formula is C11H20N2O4. The van der Waals surface area contributed by atoms with E-state index in [0.29, 0.717) is 6.54 Å². The van der Waals surface area contributed by atoms with Gasteiger partial charge in [-0.15, -0.1) is 0 Å². The number of carbonyl (C=O) groups excluding carboxylic acids is 1. The van der Waals surface area contributed by atoms with Crippen LogP contribution in [-0.2, 0) is 9.59 Å². The van der Waals surface area contributed by atoms with Crippen molar-refractivity contribution >= 4 is 11.9 Å². The molecule has 0 unspecified atom stereocenters. The Labute approximate surface area is 100 Å². The van der Waals surface area contributed by atoms with E-state index in [0.717, 1.165) is 25.7 Å². The first-order valence-electron chi connectivity index (χ1n) is 5.91. The number of aliphatic carboxylic acids is 1. The fourth-order valence-electron chi connectivity index (χ4n) is 2.21. The molecule has 98 valence electrons. The molecule has 1 aliphatic carbocycles. The minimum Gasteiger partial charge on any atom is -0.479 e. The molecule has 0 spiro atoms. The van der Waals surface area contributed by atoms with Crippen molar-refractivity contribution in [2.75, 3.05) is 13.1 Å². The number of nitrogens with one attached hydrogen (secondary N) is 1. The summed E-state index contributed by atoms with van der Waals surface area (Å²) in [6.45, 7) is 0.481. The molecule has 1 aliphatic rings. The number of carbonyl (C=O) groups is 2. The van der Waals surface area contributed by atoms with Crippen LogP contribution in [0, 0.1) is 5.41 Å². The first-order chi connectivity index (χ1) is 8.02. The minimum atomic E-state index is -1.42. The van der Waals surface area contributed by atoms with Crippen LogP contribution in [0.5, 0.6) is 0 Å². The van der Waals surface area contributed by atoms with Crippen molar-refractivity contribution in [2.24, 2.45) is 11.1 Å². The van der Waals surface area contributed by atoms with Gasteiger partial charge in [0.25, 0.3) is 0 Å². The Morgan fingerprint density at radius 3 is 2.41 bits per heavy atom. The van der Waals surface area contributed by atoms with Crippen LogP contribution in [-0.4, -0.2) is 41.3 Å². The van der Waals surface area contributed by atoms with E-state index in [2.05, 4.69) is 5.32 Å². The molecule has 0 aliphatic heterocycles. The summed E-state index contributed by atoms with van der Waals surface area (Å²) in [7, 11) is 0. The second kappa shape index (κ2) is 5.97. The first kappa shape index (κ1) is 13.9. The molecular weight excluding hydrogens is 224 g/mol. The third kappa shape index (κ3) is 3.41. The topological polar surface area (TPSA) is 113 Å². The van der Waals surface area contributed by atoms with Gasteiger partial charge in [0.15, 0.2) is 6.10 Å².